The van der Waals surface area contributed by atoms with Gasteiger partial charge in [0.1, 0.15) is 0 Å². The molecule has 0 aliphatic carbocycles. The first-order valence-electron chi connectivity index (χ1n) is 2.72. The van der Waals surface area contributed by atoms with Crippen molar-refractivity contribution in [2.24, 2.45) is 0 Å². The van der Waals surface area contributed by atoms with E-state index in [0.717, 1.165) is 0 Å². The minimum Gasteiger partial charge on any atom is -0.450 e. The zero-order valence-corrected chi connectivity index (χ0v) is 5.92. The van der Waals surface area contributed by atoms with Gasteiger partial charge in [0.2, 0.25) is 0 Å². The lowest BCUT2D eigenvalue weighted by molar-refractivity contribution is 0.0808. The molecule has 0 aromatic carbocycles. The maximum absolute atomic E-state index is 9.84. The van der Waals surface area contributed by atoms with Gasteiger partial charge < -0.3 is 14.7 Å². The number of carboxylic acid groups (broad SMARTS) is 1. The van der Waals surface area contributed by atoms with Crippen LogP contribution in [0.5, 0.6) is 0 Å². The van der Waals surface area contributed by atoms with Crippen molar-refractivity contribution in [3.05, 3.63) is 11.4 Å². The second-order valence-electron chi connectivity index (χ2n) is 2.48. The van der Waals surface area contributed by atoms with Crippen LogP contribution in [0.3, 0.4) is 0 Å². The molecule has 0 aromatic rings. The van der Waals surface area contributed by atoms with Crippen molar-refractivity contribution < 1.29 is 14.6 Å². The van der Waals surface area contributed by atoms with Crippen molar-refractivity contribution in [2.45, 2.75) is 19.4 Å². The minimum absolute atomic E-state index is 0.0775. The van der Waals surface area contributed by atoms with Crippen LogP contribution in [-0.2, 0) is 4.74 Å². The molecule has 10 heavy (non-hydrogen) atoms. The van der Waals surface area contributed by atoms with E-state index < -0.39 is 11.7 Å². The summed E-state index contributed by atoms with van der Waals surface area (Å²) >= 11 is 0. The van der Waals surface area contributed by atoms with Gasteiger partial charge in [-0.3, -0.25) is 0 Å². The molecule has 0 fully saturated rings. The predicted molar refractivity (Wildman–Crippen MR) is 34.7 cm³/mol. The fourth-order valence-corrected chi connectivity index (χ4v) is 0.271. The number of hydrogen-bond donors (Lipinski definition) is 1. The van der Waals surface area contributed by atoms with Gasteiger partial charge in [0.15, 0.2) is 6.61 Å². The average Bonchev–Trinajstić information content (AvgIpc) is 1.85. The van der Waals surface area contributed by atoms with Crippen molar-refractivity contribution in [1.82, 2.24) is 0 Å². The molecule has 0 spiro atoms. The van der Waals surface area contributed by atoms with Crippen LogP contribution in [0.4, 0.5) is 4.79 Å². The number of carbonyl (C=O) groups is 1. The maximum atomic E-state index is 9.84. The minimum atomic E-state index is -1.34. The summed E-state index contributed by atoms with van der Waals surface area (Å²) < 4.78 is 4.20. The third kappa shape index (κ3) is 3.72. The number of hydrogen-bond acceptors (Lipinski definition) is 2. The Bertz CT molecular complexity index is 168. The van der Waals surface area contributed by atoms with E-state index in [0.29, 0.717) is 0 Å². The Hall–Kier alpha value is -1.24. The van der Waals surface area contributed by atoms with E-state index in [-0.39, 0.29) is 6.61 Å². The molecule has 0 bridgehead atoms. The van der Waals surface area contributed by atoms with Crippen LogP contribution in [0.1, 0.15) is 13.8 Å². The number of nitrogens with zero attached hydrogens (tertiary/aromatic N) is 1. The monoisotopic (exact) mass is 143 g/mol. The first-order valence-corrected chi connectivity index (χ1v) is 2.72. The van der Waals surface area contributed by atoms with E-state index in [1.807, 2.05) is 0 Å². The molecule has 4 heteroatoms. The first kappa shape index (κ1) is 8.76. The summed E-state index contributed by atoms with van der Waals surface area (Å²) in [4.78, 5) is 13.0. The Balaban J connectivity index is 3.71. The van der Waals surface area contributed by atoms with Crippen LogP contribution in [0, 0.1) is 6.57 Å². The summed E-state index contributed by atoms with van der Waals surface area (Å²) in [6.45, 7) is 9.75. The van der Waals surface area contributed by atoms with Gasteiger partial charge in [-0.15, -0.1) is 0 Å². The Kier molecular flexibility index (Phi) is 2.68. The van der Waals surface area contributed by atoms with Gasteiger partial charge in [0.05, 0.1) is 0 Å². The van der Waals surface area contributed by atoms with Crippen LogP contribution < -0.4 is 0 Å². The van der Waals surface area contributed by atoms with Gasteiger partial charge in [-0.2, -0.15) is 0 Å². The second kappa shape index (κ2) is 3.06. The zero-order chi connectivity index (χ0) is 8.20. The largest absolute Gasteiger partial charge is 0.506 e. The molecule has 4 nitrogen and oxygen atoms in total. The predicted octanol–water partition coefficient (Wildman–Crippen LogP) is 1.38. The van der Waals surface area contributed by atoms with Gasteiger partial charge in [-0.05, 0) is 0 Å². The van der Waals surface area contributed by atoms with Crippen LogP contribution in [-0.4, -0.2) is 23.4 Å². The summed E-state index contributed by atoms with van der Waals surface area (Å²) in [5.74, 6) is 0. The highest BCUT2D eigenvalue weighted by molar-refractivity contribution is 5.56. The standard InChI is InChI=1S/C6H9NO3/c1-6(2,7-3)4-10-5(8)9/h4H2,1-2H3,(H,8,9). The topological polar surface area (TPSA) is 50.9 Å². The SMILES string of the molecule is [C-]#[N+]C(C)(C)COC(=O)O. The lowest BCUT2D eigenvalue weighted by Crippen LogP contribution is -2.23. The third-order valence-electron chi connectivity index (χ3n) is 0.852. The molecule has 0 amide bonds. The van der Waals surface area contributed by atoms with E-state index in [9.17, 15) is 4.79 Å². The highest BCUT2D eigenvalue weighted by Crippen LogP contribution is 2.08. The molecule has 56 valence electrons. The van der Waals surface area contributed by atoms with Gasteiger partial charge >= 0.3 is 6.16 Å². The molecule has 0 heterocycles. The molecule has 0 aliphatic heterocycles. The average molecular weight is 143 g/mol. The highest BCUT2D eigenvalue weighted by atomic mass is 16.7. The quantitative estimate of drug-likeness (QED) is 0.469. The van der Waals surface area contributed by atoms with Crippen molar-refractivity contribution in [3.63, 3.8) is 0 Å². The number of ether oxygens (including phenoxy) is 1. The van der Waals surface area contributed by atoms with E-state index >= 15 is 0 Å². The molecule has 0 rings (SSSR count). The third-order valence-corrected chi connectivity index (χ3v) is 0.852. The lowest BCUT2D eigenvalue weighted by atomic mass is 10.1. The summed E-state index contributed by atoms with van der Waals surface area (Å²) in [7, 11) is 0. The Labute approximate surface area is 59.2 Å². The number of rotatable bonds is 2. The molecule has 0 aromatic heterocycles. The van der Waals surface area contributed by atoms with E-state index in [1.54, 1.807) is 13.8 Å². The van der Waals surface area contributed by atoms with Crippen molar-refractivity contribution >= 4 is 6.16 Å². The van der Waals surface area contributed by atoms with Crippen LogP contribution in [0.2, 0.25) is 0 Å². The van der Waals surface area contributed by atoms with Crippen LogP contribution >= 0.6 is 0 Å². The second-order valence-corrected chi connectivity index (χ2v) is 2.48. The molecule has 0 radical (unpaired) electrons. The van der Waals surface area contributed by atoms with Gasteiger partial charge in [0, 0.05) is 13.8 Å². The molecule has 0 unspecified atom stereocenters. The summed E-state index contributed by atoms with van der Waals surface area (Å²) in [5.41, 5.74) is -0.738. The Morgan fingerprint density at radius 1 is 1.80 bits per heavy atom. The van der Waals surface area contributed by atoms with E-state index in [1.165, 1.54) is 0 Å². The molecule has 0 saturated heterocycles. The normalized spacial score (nSPS) is 10.1. The van der Waals surface area contributed by atoms with Crippen LogP contribution in [0.15, 0.2) is 0 Å². The van der Waals surface area contributed by atoms with Gasteiger partial charge in [-0.1, -0.05) is 0 Å². The Morgan fingerprint density at radius 2 is 2.30 bits per heavy atom. The molecule has 0 aliphatic rings. The summed E-state index contributed by atoms with van der Waals surface area (Å²) in [5, 5.41) is 8.05. The van der Waals surface area contributed by atoms with Crippen molar-refractivity contribution in [3.8, 4) is 0 Å². The fraction of sp³-hybridized carbons (Fsp3) is 0.667. The Morgan fingerprint density at radius 3 is 2.60 bits per heavy atom. The highest BCUT2D eigenvalue weighted by Gasteiger charge is 2.24. The summed E-state index contributed by atoms with van der Waals surface area (Å²) in [6.07, 6.45) is -1.34. The van der Waals surface area contributed by atoms with E-state index in [4.69, 9.17) is 11.7 Å². The smallest absolute Gasteiger partial charge is 0.450 e. The molecule has 0 saturated carbocycles. The fourth-order valence-electron chi connectivity index (χ4n) is 0.271. The van der Waals surface area contributed by atoms with Crippen molar-refractivity contribution in [2.75, 3.05) is 6.61 Å². The molecule has 1 N–H and O–H groups in total. The maximum Gasteiger partial charge on any atom is 0.506 e. The van der Waals surface area contributed by atoms with Crippen molar-refractivity contribution in [1.29, 1.82) is 0 Å². The van der Waals surface area contributed by atoms with Gasteiger partial charge in [0.25, 0.3) is 5.54 Å². The first-order chi connectivity index (χ1) is 4.48. The van der Waals surface area contributed by atoms with Crippen LogP contribution in [0.25, 0.3) is 4.85 Å². The molecular weight excluding hydrogens is 134 g/mol. The lowest BCUT2D eigenvalue weighted by Gasteiger charge is -2.08. The molecular formula is C6H9NO3. The molecule has 0 atom stereocenters. The zero-order valence-electron chi connectivity index (χ0n) is 5.92. The summed E-state index contributed by atoms with van der Waals surface area (Å²) in [6, 6.07) is 0. The van der Waals surface area contributed by atoms with Gasteiger partial charge in [-0.25, -0.2) is 11.4 Å². The van der Waals surface area contributed by atoms with E-state index in [2.05, 4.69) is 9.58 Å².